The quantitative estimate of drug-likeness (QED) is 0.572. The molecule has 0 aliphatic carbocycles. The minimum atomic E-state index is -0.708. The first-order valence-electron chi connectivity index (χ1n) is 4.83. The predicted molar refractivity (Wildman–Crippen MR) is 51.1 cm³/mol. The molecule has 0 bridgehead atoms. The Balaban J connectivity index is 3.93. The molecule has 0 radical (unpaired) electrons. The van der Waals surface area contributed by atoms with Crippen LogP contribution in [0.2, 0.25) is 0 Å². The van der Waals surface area contributed by atoms with E-state index < -0.39 is 5.79 Å². The summed E-state index contributed by atoms with van der Waals surface area (Å²) < 4.78 is 11.0. The molecule has 0 aliphatic rings. The molecule has 0 rings (SSSR count). The molecule has 0 spiro atoms. The third-order valence-corrected chi connectivity index (χ3v) is 1.62. The maximum atomic E-state index is 8.59. The SMILES string of the molecule is CCCOC(C)(CC#N)OCCC. The molecule has 13 heavy (non-hydrogen) atoms. The lowest BCUT2D eigenvalue weighted by molar-refractivity contribution is -0.222. The number of hydrogen-bond acceptors (Lipinski definition) is 3. The molecule has 76 valence electrons. The van der Waals surface area contributed by atoms with Crippen molar-refractivity contribution in [2.75, 3.05) is 13.2 Å². The molecule has 0 saturated heterocycles. The van der Waals surface area contributed by atoms with Gasteiger partial charge in [-0.15, -0.1) is 0 Å². The Hall–Kier alpha value is -0.590. The highest BCUT2D eigenvalue weighted by Crippen LogP contribution is 2.17. The van der Waals surface area contributed by atoms with E-state index in [-0.39, 0.29) is 6.42 Å². The molecular formula is C10H19NO2. The van der Waals surface area contributed by atoms with Crippen molar-refractivity contribution in [2.24, 2.45) is 0 Å². The van der Waals surface area contributed by atoms with Gasteiger partial charge < -0.3 is 9.47 Å². The first kappa shape index (κ1) is 12.4. The van der Waals surface area contributed by atoms with Crippen LogP contribution in [0.3, 0.4) is 0 Å². The smallest absolute Gasteiger partial charge is 0.178 e. The van der Waals surface area contributed by atoms with E-state index in [1.54, 1.807) is 0 Å². The fraction of sp³-hybridized carbons (Fsp3) is 0.900. The van der Waals surface area contributed by atoms with E-state index in [2.05, 4.69) is 6.07 Å². The number of rotatable bonds is 7. The van der Waals surface area contributed by atoms with Gasteiger partial charge in [-0.25, -0.2) is 0 Å². The zero-order chi connectivity index (χ0) is 10.2. The van der Waals surface area contributed by atoms with E-state index in [0.29, 0.717) is 13.2 Å². The average molecular weight is 185 g/mol. The summed E-state index contributed by atoms with van der Waals surface area (Å²) in [6.45, 7) is 7.17. The van der Waals surface area contributed by atoms with Gasteiger partial charge in [0, 0.05) is 13.2 Å². The van der Waals surface area contributed by atoms with Crippen LogP contribution in [0.15, 0.2) is 0 Å². The number of nitrogens with zero attached hydrogens (tertiary/aromatic N) is 1. The lowest BCUT2D eigenvalue weighted by Crippen LogP contribution is -2.32. The Morgan fingerprint density at radius 1 is 1.15 bits per heavy atom. The molecule has 0 fully saturated rings. The van der Waals surface area contributed by atoms with Crippen LogP contribution in [0, 0.1) is 11.3 Å². The Labute approximate surface area is 80.6 Å². The third-order valence-electron chi connectivity index (χ3n) is 1.62. The van der Waals surface area contributed by atoms with Crippen LogP contribution in [0.5, 0.6) is 0 Å². The zero-order valence-corrected chi connectivity index (χ0v) is 8.80. The van der Waals surface area contributed by atoms with Gasteiger partial charge in [-0.1, -0.05) is 13.8 Å². The van der Waals surface area contributed by atoms with Crippen LogP contribution in [0.4, 0.5) is 0 Å². The molecular weight excluding hydrogens is 166 g/mol. The Morgan fingerprint density at radius 2 is 1.62 bits per heavy atom. The third kappa shape index (κ3) is 5.62. The van der Waals surface area contributed by atoms with Gasteiger partial charge in [0.05, 0.1) is 12.5 Å². The molecule has 0 heterocycles. The van der Waals surface area contributed by atoms with E-state index >= 15 is 0 Å². The van der Waals surface area contributed by atoms with Crippen LogP contribution in [0.1, 0.15) is 40.0 Å². The summed E-state index contributed by atoms with van der Waals surface area (Å²) in [7, 11) is 0. The predicted octanol–water partition coefficient (Wildman–Crippen LogP) is 2.47. The highest BCUT2D eigenvalue weighted by molar-refractivity contribution is 4.80. The lowest BCUT2D eigenvalue weighted by atomic mass is 10.2. The van der Waals surface area contributed by atoms with Crippen molar-refractivity contribution in [1.29, 1.82) is 5.26 Å². The van der Waals surface area contributed by atoms with E-state index in [1.807, 2.05) is 20.8 Å². The van der Waals surface area contributed by atoms with Crippen LogP contribution in [0.25, 0.3) is 0 Å². The summed E-state index contributed by atoms with van der Waals surface area (Å²) in [6.07, 6.45) is 2.17. The van der Waals surface area contributed by atoms with Gasteiger partial charge in [-0.2, -0.15) is 5.26 Å². The molecule has 0 atom stereocenters. The first-order valence-corrected chi connectivity index (χ1v) is 4.83. The largest absolute Gasteiger partial charge is 0.349 e. The summed E-state index contributed by atoms with van der Waals surface area (Å²) in [6, 6.07) is 2.08. The Kier molecular flexibility index (Phi) is 6.56. The Bertz CT molecular complexity index is 155. The molecule has 0 amide bonds. The summed E-state index contributed by atoms with van der Waals surface area (Å²) in [4.78, 5) is 0. The van der Waals surface area contributed by atoms with Crippen molar-refractivity contribution < 1.29 is 9.47 Å². The van der Waals surface area contributed by atoms with E-state index in [9.17, 15) is 0 Å². The van der Waals surface area contributed by atoms with Crippen LogP contribution in [-0.4, -0.2) is 19.0 Å². The standard InChI is InChI=1S/C10H19NO2/c1-4-8-12-10(3,6-7-11)13-9-5-2/h4-6,8-9H2,1-3H3. The topological polar surface area (TPSA) is 42.2 Å². The second kappa shape index (κ2) is 6.88. The number of hydrogen-bond donors (Lipinski definition) is 0. The second-order valence-corrected chi connectivity index (χ2v) is 3.17. The van der Waals surface area contributed by atoms with Gasteiger partial charge in [-0.3, -0.25) is 0 Å². The maximum Gasteiger partial charge on any atom is 0.178 e. The monoisotopic (exact) mass is 185 g/mol. The number of ether oxygens (including phenoxy) is 2. The van der Waals surface area contributed by atoms with Crippen molar-refractivity contribution in [1.82, 2.24) is 0 Å². The van der Waals surface area contributed by atoms with Crippen molar-refractivity contribution in [3.63, 3.8) is 0 Å². The fourth-order valence-electron chi connectivity index (χ4n) is 0.923. The van der Waals surface area contributed by atoms with Gasteiger partial charge in [0.15, 0.2) is 5.79 Å². The average Bonchev–Trinajstić information content (AvgIpc) is 2.12. The molecule has 0 aromatic carbocycles. The molecule has 3 nitrogen and oxygen atoms in total. The summed E-state index contributed by atoms with van der Waals surface area (Å²) in [5.74, 6) is -0.708. The van der Waals surface area contributed by atoms with Gasteiger partial charge in [0.1, 0.15) is 0 Å². The molecule has 0 N–H and O–H groups in total. The highest BCUT2D eigenvalue weighted by Gasteiger charge is 2.24. The van der Waals surface area contributed by atoms with Gasteiger partial charge in [-0.05, 0) is 19.8 Å². The Morgan fingerprint density at radius 3 is 1.92 bits per heavy atom. The van der Waals surface area contributed by atoms with Gasteiger partial charge >= 0.3 is 0 Å². The highest BCUT2D eigenvalue weighted by atomic mass is 16.7. The first-order chi connectivity index (χ1) is 6.18. The van der Waals surface area contributed by atoms with E-state index in [4.69, 9.17) is 14.7 Å². The van der Waals surface area contributed by atoms with E-state index in [1.165, 1.54) is 0 Å². The van der Waals surface area contributed by atoms with Gasteiger partial charge in [0.25, 0.3) is 0 Å². The number of nitriles is 1. The van der Waals surface area contributed by atoms with Crippen molar-refractivity contribution in [3.8, 4) is 6.07 Å². The molecule has 0 aromatic heterocycles. The summed E-state index contributed by atoms with van der Waals surface area (Å²) in [5, 5.41) is 8.59. The van der Waals surface area contributed by atoms with Crippen LogP contribution in [-0.2, 0) is 9.47 Å². The van der Waals surface area contributed by atoms with Gasteiger partial charge in [0.2, 0.25) is 0 Å². The van der Waals surface area contributed by atoms with Crippen molar-refractivity contribution >= 4 is 0 Å². The molecule has 0 aliphatic heterocycles. The zero-order valence-electron chi connectivity index (χ0n) is 8.80. The fourth-order valence-corrected chi connectivity index (χ4v) is 0.923. The second-order valence-electron chi connectivity index (χ2n) is 3.17. The van der Waals surface area contributed by atoms with E-state index in [0.717, 1.165) is 12.8 Å². The maximum absolute atomic E-state index is 8.59. The summed E-state index contributed by atoms with van der Waals surface area (Å²) in [5.41, 5.74) is 0. The molecule has 0 unspecified atom stereocenters. The molecule has 0 saturated carbocycles. The minimum Gasteiger partial charge on any atom is -0.349 e. The van der Waals surface area contributed by atoms with Crippen molar-refractivity contribution in [3.05, 3.63) is 0 Å². The minimum absolute atomic E-state index is 0.285. The van der Waals surface area contributed by atoms with Crippen LogP contribution < -0.4 is 0 Å². The molecule has 3 heteroatoms. The van der Waals surface area contributed by atoms with Crippen molar-refractivity contribution in [2.45, 2.75) is 45.8 Å². The van der Waals surface area contributed by atoms with Crippen LogP contribution >= 0.6 is 0 Å². The lowest BCUT2D eigenvalue weighted by Gasteiger charge is -2.27. The summed E-state index contributed by atoms with van der Waals surface area (Å²) >= 11 is 0. The molecule has 0 aromatic rings. The normalized spacial score (nSPS) is 11.2.